The first kappa shape index (κ1) is 16.5. The fraction of sp³-hybridized carbons (Fsp3) is 0.938. The number of hydrogen-bond acceptors (Lipinski definition) is 2. The summed E-state index contributed by atoms with van der Waals surface area (Å²) in [6.45, 7) is 7.46. The zero-order valence-corrected chi connectivity index (χ0v) is 13.2. The average Bonchev–Trinajstić information content (AvgIpc) is 2.85. The average molecular weight is 268 g/mol. The molecule has 0 aromatic carbocycles. The highest BCUT2D eigenvalue weighted by molar-refractivity contribution is 5.76. The van der Waals surface area contributed by atoms with Crippen LogP contribution in [0.3, 0.4) is 0 Å². The van der Waals surface area contributed by atoms with Crippen LogP contribution in [-0.4, -0.2) is 30.4 Å². The van der Waals surface area contributed by atoms with Crippen LogP contribution in [0.15, 0.2) is 0 Å². The van der Waals surface area contributed by atoms with Gasteiger partial charge >= 0.3 is 0 Å². The van der Waals surface area contributed by atoms with E-state index in [0.29, 0.717) is 30.8 Å². The SMILES string of the molecule is CN(C(=O)CCC(CCN)C(C)(C)C)C1CCCC1. The summed E-state index contributed by atoms with van der Waals surface area (Å²) in [5.41, 5.74) is 5.94. The standard InChI is InChI=1S/C16H32N2O/c1-16(2,3)13(11-12-17)9-10-15(19)18(4)14-7-5-6-8-14/h13-14H,5-12,17H2,1-4H3. The molecule has 1 fully saturated rings. The Morgan fingerprint density at radius 1 is 1.26 bits per heavy atom. The lowest BCUT2D eigenvalue weighted by molar-refractivity contribution is -0.132. The molecule has 1 unspecified atom stereocenters. The van der Waals surface area contributed by atoms with Gasteiger partial charge in [-0.2, -0.15) is 0 Å². The fourth-order valence-corrected chi connectivity index (χ4v) is 3.18. The summed E-state index contributed by atoms with van der Waals surface area (Å²) >= 11 is 0. The van der Waals surface area contributed by atoms with Crippen LogP contribution in [0.4, 0.5) is 0 Å². The molecule has 1 aliphatic rings. The molecule has 0 bridgehead atoms. The minimum atomic E-state index is 0.242. The number of carbonyl (C=O) groups excluding carboxylic acids is 1. The van der Waals surface area contributed by atoms with E-state index in [1.165, 1.54) is 25.7 Å². The van der Waals surface area contributed by atoms with Crippen LogP contribution in [0.1, 0.15) is 65.7 Å². The molecule has 1 aliphatic carbocycles. The molecule has 1 atom stereocenters. The highest BCUT2D eigenvalue weighted by atomic mass is 16.2. The van der Waals surface area contributed by atoms with Crippen LogP contribution in [-0.2, 0) is 4.79 Å². The molecule has 1 saturated carbocycles. The van der Waals surface area contributed by atoms with Crippen LogP contribution in [0.25, 0.3) is 0 Å². The zero-order valence-electron chi connectivity index (χ0n) is 13.2. The molecule has 1 amide bonds. The van der Waals surface area contributed by atoms with Crippen LogP contribution in [0, 0.1) is 11.3 Å². The maximum absolute atomic E-state index is 12.3. The Morgan fingerprint density at radius 2 is 1.84 bits per heavy atom. The Kier molecular flexibility index (Phi) is 6.31. The number of nitrogens with two attached hydrogens (primary N) is 1. The van der Waals surface area contributed by atoms with E-state index in [1.54, 1.807) is 0 Å². The number of carbonyl (C=O) groups is 1. The van der Waals surface area contributed by atoms with Crippen LogP contribution < -0.4 is 5.73 Å². The van der Waals surface area contributed by atoms with Crippen molar-refractivity contribution in [3.05, 3.63) is 0 Å². The third kappa shape index (κ3) is 5.13. The van der Waals surface area contributed by atoms with Gasteiger partial charge in [0.25, 0.3) is 0 Å². The van der Waals surface area contributed by atoms with E-state index in [1.807, 2.05) is 11.9 Å². The molecular weight excluding hydrogens is 236 g/mol. The molecule has 0 aromatic heterocycles. The Labute approximate surface area is 118 Å². The van der Waals surface area contributed by atoms with Crippen molar-refractivity contribution in [2.45, 2.75) is 71.8 Å². The second kappa shape index (κ2) is 7.28. The molecule has 2 N–H and O–H groups in total. The first-order valence-corrected chi connectivity index (χ1v) is 7.82. The van der Waals surface area contributed by atoms with Gasteiger partial charge in [0.15, 0.2) is 0 Å². The van der Waals surface area contributed by atoms with Crippen molar-refractivity contribution in [3.8, 4) is 0 Å². The number of amides is 1. The van der Waals surface area contributed by atoms with Crippen molar-refractivity contribution in [2.24, 2.45) is 17.1 Å². The Morgan fingerprint density at radius 3 is 2.32 bits per heavy atom. The van der Waals surface area contributed by atoms with Gasteiger partial charge in [0.2, 0.25) is 5.91 Å². The summed E-state index contributed by atoms with van der Waals surface area (Å²) in [7, 11) is 1.98. The third-order valence-corrected chi connectivity index (χ3v) is 4.71. The highest BCUT2D eigenvalue weighted by Gasteiger charge is 2.27. The number of rotatable bonds is 6. The minimum Gasteiger partial charge on any atom is -0.343 e. The Balaban J connectivity index is 2.42. The van der Waals surface area contributed by atoms with Crippen LogP contribution >= 0.6 is 0 Å². The molecule has 112 valence electrons. The lowest BCUT2D eigenvalue weighted by Crippen LogP contribution is -2.36. The maximum atomic E-state index is 12.3. The summed E-state index contributed by atoms with van der Waals surface area (Å²) in [5, 5.41) is 0. The van der Waals surface area contributed by atoms with Gasteiger partial charge in [0.1, 0.15) is 0 Å². The highest BCUT2D eigenvalue weighted by Crippen LogP contribution is 2.32. The van der Waals surface area contributed by atoms with Gasteiger partial charge < -0.3 is 10.6 Å². The van der Waals surface area contributed by atoms with Gasteiger partial charge in [0, 0.05) is 19.5 Å². The van der Waals surface area contributed by atoms with Crippen molar-refractivity contribution in [1.82, 2.24) is 4.90 Å². The van der Waals surface area contributed by atoms with E-state index in [-0.39, 0.29) is 5.41 Å². The Hall–Kier alpha value is -0.570. The molecular formula is C16H32N2O. The second-order valence-electron chi connectivity index (χ2n) is 7.12. The van der Waals surface area contributed by atoms with Crippen LogP contribution in [0.2, 0.25) is 0 Å². The van der Waals surface area contributed by atoms with Gasteiger partial charge in [-0.05, 0) is 43.6 Å². The maximum Gasteiger partial charge on any atom is 0.222 e. The van der Waals surface area contributed by atoms with E-state index in [4.69, 9.17) is 5.73 Å². The first-order chi connectivity index (χ1) is 8.86. The molecule has 0 aromatic rings. The smallest absolute Gasteiger partial charge is 0.222 e. The normalized spacial score (nSPS) is 18.6. The van der Waals surface area contributed by atoms with E-state index in [2.05, 4.69) is 20.8 Å². The van der Waals surface area contributed by atoms with Crippen LogP contribution in [0.5, 0.6) is 0 Å². The zero-order chi connectivity index (χ0) is 14.5. The molecule has 0 radical (unpaired) electrons. The monoisotopic (exact) mass is 268 g/mol. The molecule has 1 rings (SSSR count). The molecule has 0 saturated heterocycles. The summed E-state index contributed by atoms with van der Waals surface area (Å²) in [5.74, 6) is 0.858. The van der Waals surface area contributed by atoms with Gasteiger partial charge in [-0.1, -0.05) is 33.6 Å². The predicted molar refractivity (Wildman–Crippen MR) is 80.9 cm³/mol. The lowest BCUT2D eigenvalue weighted by Gasteiger charge is -2.31. The van der Waals surface area contributed by atoms with E-state index in [9.17, 15) is 4.79 Å². The summed E-state index contributed by atoms with van der Waals surface area (Å²) in [4.78, 5) is 14.3. The fourth-order valence-electron chi connectivity index (χ4n) is 3.18. The van der Waals surface area contributed by atoms with Gasteiger partial charge in [-0.25, -0.2) is 0 Å². The van der Waals surface area contributed by atoms with Crippen molar-refractivity contribution < 1.29 is 4.79 Å². The summed E-state index contributed by atoms with van der Waals surface area (Å²) in [6.07, 6.45) is 7.59. The van der Waals surface area contributed by atoms with Gasteiger partial charge in [-0.15, -0.1) is 0 Å². The second-order valence-corrected chi connectivity index (χ2v) is 7.12. The Bertz CT molecular complexity index is 277. The van der Waals surface area contributed by atoms with E-state index >= 15 is 0 Å². The summed E-state index contributed by atoms with van der Waals surface area (Å²) < 4.78 is 0. The number of nitrogens with zero attached hydrogens (tertiary/aromatic N) is 1. The molecule has 0 heterocycles. The topological polar surface area (TPSA) is 46.3 Å². The van der Waals surface area contributed by atoms with Crippen molar-refractivity contribution in [2.75, 3.05) is 13.6 Å². The largest absolute Gasteiger partial charge is 0.343 e. The molecule has 19 heavy (non-hydrogen) atoms. The molecule has 0 spiro atoms. The third-order valence-electron chi connectivity index (χ3n) is 4.71. The summed E-state index contributed by atoms with van der Waals surface area (Å²) in [6, 6.07) is 0.495. The molecule has 3 nitrogen and oxygen atoms in total. The quantitative estimate of drug-likeness (QED) is 0.804. The molecule has 3 heteroatoms. The predicted octanol–water partition coefficient (Wildman–Crippen LogP) is 3.18. The first-order valence-electron chi connectivity index (χ1n) is 7.82. The van der Waals surface area contributed by atoms with Crippen molar-refractivity contribution >= 4 is 5.91 Å². The van der Waals surface area contributed by atoms with Crippen molar-refractivity contribution in [1.29, 1.82) is 0 Å². The minimum absolute atomic E-state index is 0.242. The number of hydrogen-bond donors (Lipinski definition) is 1. The van der Waals surface area contributed by atoms with E-state index in [0.717, 1.165) is 12.8 Å². The van der Waals surface area contributed by atoms with Gasteiger partial charge in [0.05, 0.1) is 0 Å². The van der Waals surface area contributed by atoms with E-state index < -0.39 is 0 Å². The lowest BCUT2D eigenvalue weighted by atomic mass is 9.76. The van der Waals surface area contributed by atoms with Crippen molar-refractivity contribution in [3.63, 3.8) is 0 Å². The van der Waals surface area contributed by atoms with Gasteiger partial charge in [-0.3, -0.25) is 4.79 Å². The molecule has 0 aliphatic heterocycles.